The summed E-state index contributed by atoms with van der Waals surface area (Å²) in [6.07, 6.45) is 0.583. The van der Waals surface area contributed by atoms with Gasteiger partial charge in [-0.2, -0.15) is 0 Å². The summed E-state index contributed by atoms with van der Waals surface area (Å²) in [6.45, 7) is 3.38. The predicted octanol–water partition coefficient (Wildman–Crippen LogP) is 1.17. The van der Waals surface area contributed by atoms with Crippen molar-refractivity contribution in [2.75, 3.05) is 51.4 Å². The van der Waals surface area contributed by atoms with E-state index in [9.17, 15) is 12.8 Å². The summed E-state index contributed by atoms with van der Waals surface area (Å²) in [5.74, 6) is 0.641. The highest BCUT2D eigenvalue weighted by molar-refractivity contribution is 14.0. The molecule has 0 aromatic heterocycles. The summed E-state index contributed by atoms with van der Waals surface area (Å²) in [5.41, 5.74) is 0.892. The second-order valence-electron chi connectivity index (χ2n) is 6.92. The second kappa shape index (κ2) is 10.7. The zero-order chi connectivity index (χ0) is 19.3. The van der Waals surface area contributed by atoms with Gasteiger partial charge in [0, 0.05) is 32.7 Å². The molecule has 0 amide bonds. The maximum Gasteiger partial charge on any atom is 0.191 e. The molecule has 158 valence electrons. The molecule has 0 spiro atoms. The Morgan fingerprint density at radius 2 is 2.14 bits per heavy atom. The molecule has 0 bridgehead atoms. The summed E-state index contributed by atoms with van der Waals surface area (Å²) in [5, 5.41) is 6.46. The molecule has 2 N–H and O–H groups in total. The van der Waals surface area contributed by atoms with Gasteiger partial charge < -0.3 is 15.4 Å². The van der Waals surface area contributed by atoms with Crippen molar-refractivity contribution in [3.05, 3.63) is 35.6 Å². The molecule has 2 fully saturated rings. The lowest BCUT2D eigenvalue weighted by molar-refractivity contribution is 0.0169. The molecule has 2 heterocycles. The first-order chi connectivity index (χ1) is 13.0. The first kappa shape index (κ1) is 23.3. The third-order valence-electron chi connectivity index (χ3n) is 4.98. The van der Waals surface area contributed by atoms with E-state index in [1.807, 2.05) is 6.07 Å². The molecular weight excluding hydrogens is 498 g/mol. The Balaban J connectivity index is 0.00000280. The van der Waals surface area contributed by atoms with Gasteiger partial charge >= 0.3 is 0 Å². The number of ether oxygens (including phenoxy) is 1. The lowest BCUT2D eigenvalue weighted by Crippen LogP contribution is -2.48. The van der Waals surface area contributed by atoms with E-state index in [4.69, 9.17) is 4.74 Å². The number of rotatable bonds is 5. The third kappa shape index (κ3) is 6.53. The minimum Gasteiger partial charge on any atom is -0.379 e. The molecule has 28 heavy (non-hydrogen) atoms. The molecule has 0 saturated carbocycles. The van der Waals surface area contributed by atoms with Crippen LogP contribution in [0.5, 0.6) is 0 Å². The van der Waals surface area contributed by atoms with Crippen molar-refractivity contribution in [2.24, 2.45) is 4.99 Å². The van der Waals surface area contributed by atoms with Crippen molar-refractivity contribution in [1.82, 2.24) is 15.5 Å². The molecule has 2 saturated heterocycles. The minimum absolute atomic E-state index is 0. The van der Waals surface area contributed by atoms with Crippen LogP contribution in [0, 0.1) is 5.82 Å². The molecule has 2 unspecified atom stereocenters. The van der Waals surface area contributed by atoms with Crippen molar-refractivity contribution >= 4 is 39.8 Å². The van der Waals surface area contributed by atoms with Crippen LogP contribution in [0.3, 0.4) is 0 Å². The van der Waals surface area contributed by atoms with Crippen LogP contribution in [0.2, 0.25) is 0 Å². The van der Waals surface area contributed by atoms with Crippen LogP contribution in [0.4, 0.5) is 4.39 Å². The van der Waals surface area contributed by atoms with Crippen LogP contribution in [0.1, 0.15) is 18.0 Å². The molecule has 2 aliphatic rings. The number of nitrogens with one attached hydrogen (secondary N) is 2. The highest BCUT2D eigenvalue weighted by atomic mass is 127. The van der Waals surface area contributed by atoms with E-state index in [1.54, 1.807) is 19.2 Å². The normalized spacial score (nSPS) is 23.6. The molecule has 0 aliphatic carbocycles. The fraction of sp³-hybridized carbons (Fsp3) is 0.611. The van der Waals surface area contributed by atoms with Crippen LogP contribution in [-0.2, 0) is 14.6 Å². The topological polar surface area (TPSA) is 83.0 Å². The Morgan fingerprint density at radius 3 is 2.75 bits per heavy atom. The van der Waals surface area contributed by atoms with Crippen LogP contribution in [0.15, 0.2) is 29.3 Å². The maximum absolute atomic E-state index is 13.7. The number of nitrogens with zero attached hydrogens (tertiary/aromatic N) is 2. The lowest BCUT2D eigenvalue weighted by atomic mass is 10.0. The fourth-order valence-corrected chi connectivity index (χ4v) is 5.22. The van der Waals surface area contributed by atoms with Gasteiger partial charge in [0.05, 0.1) is 30.8 Å². The average Bonchev–Trinajstić information content (AvgIpc) is 3.00. The standard InChI is InChI=1S/C18H27FN4O3S.HI/c1-20-18(22-16-5-10-27(24,25)13-16)21-12-17(23-6-8-26-9-7-23)14-3-2-4-15(19)11-14;/h2-4,11,16-17H,5-10,12-13H2,1H3,(H2,20,21,22);1H. The van der Waals surface area contributed by atoms with Gasteiger partial charge in [-0.25, -0.2) is 12.8 Å². The zero-order valence-corrected chi connectivity index (χ0v) is 19.1. The number of aliphatic imine (C=N–C) groups is 1. The van der Waals surface area contributed by atoms with Crippen molar-refractivity contribution in [3.63, 3.8) is 0 Å². The van der Waals surface area contributed by atoms with E-state index in [-0.39, 0.29) is 53.4 Å². The van der Waals surface area contributed by atoms with E-state index in [1.165, 1.54) is 6.07 Å². The van der Waals surface area contributed by atoms with Crippen molar-refractivity contribution in [3.8, 4) is 0 Å². The van der Waals surface area contributed by atoms with Crippen molar-refractivity contribution < 1.29 is 17.5 Å². The summed E-state index contributed by atoms with van der Waals surface area (Å²) in [7, 11) is -1.30. The lowest BCUT2D eigenvalue weighted by Gasteiger charge is -2.35. The first-order valence-corrected chi connectivity index (χ1v) is 11.0. The number of benzene rings is 1. The monoisotopic (exact) mass is 526 g/mol. The summed E-state index contributed by atoms with van der Waals surface area (Å²) in [4.78, 5) is 6.47. The van der Waals surface area contributed by atoms with Crippen LogP contribution in [-0.4, -0.2) is 76.7 Å². The number of hydrogen-bond donors (Lipinski definition) is 2. The maximum atomic E-state index is 13.7. The molecule has 7 nitrogen and oxygen atoms in total. The van der Waals surface area contributed by atoms with Gasteiger partial charge in [0.1, 0.15) is 5.82 Å². The zero-order valence-electron chi connectivity index (χ0n) is 15.9. The van der Waals surface area contributed by atoms with Gasteiger partial charge in [0.25, 0.3) is 0 Å². The molecule has 0 radical (unpaired) electrons. The Morgan fingerprint density at radius 1 is 1.39 bits per heavy atom. The summed E-state index contributed by atoms with van der Waals surface area (Å²) < 4.78 is 42.5. The fourth-order valence-electron chi connectivity index (χ4n) is 3.55. The van der Waals surface area contributed by atoms with Crippen LogP contribution in [0.25, 0.3) is 0 Å². The highest BCUT2D eigenvalue weighted by Gasteiger charge is 2.29. The van der Waals surface area contributed by atoms with E-state index in [2.05, 4.69) is 20.5 Å². The van der Waals surface area contributed by atoms with Crippen molar-refractivity contribution in [2.45, 2.75) is 18.5 Å². The van der Waals surface area contributed by atoms with Crippen molar-refractivity contribution in [1.29, 1.82) is 0 Å². The van der Waals surface area contributed by atoms with Crippen LogP contribution >= 0.6 is 24.0 Å². The molecule has 1 aromatic carbocycles. The Kier molecular flexibility index (Phi) is 8.90. The Bertz CT molecular complexity index is 772. The number of sulfone groups is 1. The first-order valence-electron chi connectivity index (χ1n) is 9.22. The van der Waals surface area contributed by atoms with E-state index in [0.29, 0.717) is 32.1 Å². The van der Waals surface area contributed by atoms with Gasteiger partial charge in [0.2, 0.25) is 0 Å². The number of guanidine groups is 1. The second-order valence-corrected chi connectivity index (χ2v) is 9.15. The van der Waals surface area contributed by atoms with Gasteiger partial charge in [-0.05, 0) is 24.1 Å². The van der Waals surface area contributed by atoms with Gasteiger partial charge in [-0.15, -0.1) is 24.0 Å². The summed E-state index contributed by atoms with van der Waals surface area (Å²) >= 11 is 0. The molecular formula is C18H28FIN4O3S. The smallest absolute Gasteiger partial charge is 0.191 e. The quantitative estimate of drug-likeness (QED) is 0.341. The minimum atomic E-state index is -2.95. The van der Waals surface area contributed by atoms with Gasteiger partial charge in [0.15, 0.2) is 15.8 Å². The average molecular weight is 526 g/mol. The predicted molar refractivity (Wildman–Crippen MR) is 119 cm³/mol. The summed E-state index contributed by atoms with van der Waals surface area (Å²) in [6, 6.07) is 6.47. The largest absolute Gasteiger partial charge is 0.379 e. The van der Waals surface area contributed by atoms with Crippen LogP contribution < -0.4 is 10.6 Å². The number of halogens is 2. The Labute approximate surface area is 183 Å². The SMILES string of the molecule is CN=C(NCC(c1cccc(F)c1)N1CCOCC1)NC1CCS(=O)(=O)C1.I. The third-order valence-corrected chi connectivity index (χ3v) is 6.75. The molecule has 10 heteroatoms. The molecule has 3 rings (SSSR count). The highest BCUT2D eigenvalue weighted by Crippen LogP contribution is 2.22. The van der Waals surface area contributed by atoms with E-state index < -0.39 is 9.84 Å². The molecule has 2 aliphatic heterocycles. The van der Waals surface area contributed by atoms with E-state index >= 15 is 0 Å². The number of hydrogen-bond acceptors (Lipinski definition) is 5. The molecule has 1 aromatic rings. The van der Waals surface area contributed by atoms with Gasteiger partial charge in [-0.1, -0.05) is 12.1 Å². The van der Waals surface area contributed by atoms with E-state index in [0.717, 1.165) is 18.7 Å². The van der Waals surface area contributed by atoms with Gasteiger partial charge in [-0.3, -0.25) is 9.89 Å². The Hall–Kier alpha value is -0.980. The molecule has 2 atom stereocenters. The number of morpholine rings is 1.